The van der Waals surface area contributed by atoms with Crippen LogP contribution >= 0.6 is 11.6 Å². The lowest BCUT2D eigenvalue weighted by atomic mass is 10.1. The van der Waals surface area contributed by atoms with Crippen LogP contribution < -0.4 is 5.32 Å². The highest BCUT2D eigenvalue weighted by Crippen LogP contribution is 2.24. The molecule has 0 aliphatic heterocycles. The van der Waals surface area contributed by atoms with Crippen LogP contribution in [0.5, 0.6) is 0 Å². The fourth-order valence-corrected chi connectivity index (χ4v) is 2.34. The van der Waals surface area contributed by atoms with E-state index >= 15 is 0 Å². The van der Waals surface area contributed by atoms with Crippen LogP contribution in [0, 0.1) is 6.92 Å². The summed E-state index contributed by atoms with van der Waals surface area (Å²) in [7, 11) is 0. The maximum Gasteiger partial charge on any atom is 0.137 e. The molecule has 1 aromatic rings. The Kier molecular flexibility index (Phi) is 4.18. The van der Waals surface area contributed by atoms with Gasteiger partial charge in [-0.25, -0.2) is 9.97 Å². The van der Waals surface area contributed by atoms with E-state index in [-0.39, 0.29) is 12.1 Å². The standard InChI is InChI=1S/C12H18ClN3O/c1-8-11(13)14-7-15-12(8)16-9-5-3-2-4-6-10(9)17/h7,9-10,17H,2-6H2,1H3,(H,14,15,16). The molecule has 1 aromatic heterocycles. The SMILES string of the molecule is Cc1c(Cl)ncnc1NC1CCCCCC1O. The van der Waals surface area contributed by atoms with Crippen molar-refractivity contribution in [1.82, 2.24) is 9.97 Å². The molecule has 1 fully saturated rings. The number of aliphatic hydroxyl groups is 1. The zero-order valence-electron chi connectivity index (χ0n) is 9.99. The quantitative estimate of drug-likeness (QED) is 0.630. The van der Waals surface area contributed by atoms with Gasteiger partial charge in [0.2, 0.25) is 0 Å². The Morgan fingerprint density at radius 3 is 2.88 bits per heavy atom. The van der Waals surface area contributed by atoms with Gasteiger partial charge in [-0.15, -0.1) is 0 Å². The summed E-state index contributed by atoms with van der Waals surface area (Å²) >= 11 is 5.95. The summed E-state index contributed by atoms with van der Waals surface area (Å²) in [5, 5.41) is 13.8. The molecule has 1 aliphatic rings. The van der Waals surface area contributed by atoms with Crippen molar-refractivity contribution in [2.24, 2.45) is 0 Å². The lowest BCUT2D eigenvalue weighted by molar-refractivity contribution is 0.144. The van der Waals surface area contributed by atoms with Crippen molar-refractivity contribution in [3.63, 3.8) is 0 Å². The number of hydrogen-bond donors (Lipinski definition) is 2. The molecular weight excluding hydrogens is 238 g/mol. The van der Waals surface area contributed by atoms with E-state index in [0.29, 0.717) is 5.15 Å². The summed E-state index contributed by atoms with van der Waals surface area (Å²) in [6, 6.07) is 0.0715. The van der Waals surface area contributed by atoms with Crippen molar-refractivity contribution in [2.45, 2.75) is 51.2 Å². The van der Waals surface area contributed by atoms with Crippen LogP contribution in [-0.2, 0) is 0 Å². The maximum absolute atomic E-state index is 10.0. The zero-order valence-corrected chi connectivity index (χ0v) is 10.7. The van der Waals surface area contributed by atoms with Gasteiger partial charge in [0.25, 0.3) is 0 Å². The number of aliphatic hydroxyl groups excluding tert-OH is 1. The Morgan fingerprint density at radius 1 is 1.29 bits per heavy atom. The molecule has 4 nitrogen and oxygen atoms in total. The van der Waals surface area contributed by atoms with E-state index in [1.165, 1.54) is 12.7 Å². The van der Waals surface area contributed by atoms with E-state index in [9.17, 15) is 5.11 Å². The summed E-state index contributed by atoms with van der Waals surface area (Å²) in [5.74, 6) is 0.732. The number of nitrogens with zero attached hydrogens (tertiary/aromatic N) is 2. The first kappa shape index (κ1) is 12.6. The Morgan fingerprint density at radius 2 is 2.06 bits per heavy atom. The fraction of sp³-hybridized carbons (Fsp3) is 0.667. The largest absolute Gasteiger partial charge is 0.391 e. The second kappa shape index (κ2) is 5.65. The molecule has 1 heterocycles. The molecule has 0 saturated heterocycles. The molecule has 0 radical (unpaired) electrons. The molecule has 0 aromatic carbocycles. The van der Waals surface area contributed by atoms with Gasteiger partial charge >= 0.3 is 0 Å². The second-order valence-corrected chi connectivity index (χ2v) is 4.95. The summed E-state index contributed by atoms with van der Waals surface area (Å²) in [5.41, 5.74) is 0.839. The molecule has 17 heavy (non-hydrogen) atoms. The molecular formula is C12H18ClN3O. The first-order valence-electron chi connectivity index (χ1n) is 6.10. The van der Waals surface area contributed by atoms with E-state index in [2.05, 4.69) is 15.3 Å². The van der Waals surface area contributed by atoms with E-state index in [4.69, 9.17) is 11.6 Å². The van der Waals surface area contributed by atoms with E-state index in [0.717, 1.165) is 37.1 Å². The molecule has 0 spiro atoms. The van der Waals surface area contributed by atoms with Gasteiger partial charge < -0.3 is 10.4 Å². The number of rotatable bonds is 2. The molecule has 0 bridgehead atoms. The minimum absolute atomic E-state index is 0.0715. The normalized spacial score (nSPS) is 25.4. The Balaban J connectivity index is 2.10. The van der Waals surface area contributed by atoms with Gasteiger partial charge in [-0.3, -0.25) is 0 Å². The first-order chi connectivity index (χ1) is 8.18. The summed E-state index contributed by atoms with van der Waals surface area (Å²) in [6.45, 7) is 1.88. The van der Waals surface area contributed by atoms with Crippen LogP contribution in [0.25, 0.3) is 0 Å². The number of aromatic nitrogens is 2. The Labute approximate surface area is 106 Å². The van der Waals surface area contributed by atoms with Crippen molar-refractivity contribution in [3.8, 4) is 0 Å². The predicted molar refractivity (Wildman–Crippen MR) is 68.3 cm³/mol. The van der Waals surface area contributed by atoms with E-state index in [1.807, 2.05) is 6.92 Å². The average molecular weight is 256 g/mol. The smallest absolute Gasteiger partial charge is 0.137 e. The minimum Gasteiger partial charge on any atom is -0.391 e. The number of anilines is 1. The van der Waals surface area contributed by atoms with Gasteiger partial charge in [0, 0.05) is 5.56 Å². The lowest BCUT2D eigenvalue weighted by Gasteiger charge is -2.23. The molecule has 0 amide bonds. The third-order valence-electron chi connectivity index (χ3n) is 3.32. The van der Waals surface area contributed by atoms with E-state index in [1.54, 1.807) is 0 Å². The molecule has 1 saturated carbocycles. The topological polar surface area (TPSA) is 58.0 Å². The van der Waals surface area contributed by atoms with Crippen LogP contribution in [0.15, 0.2) is 6.33 Å². The Hall–Kier alpha value is -0.870. The van der Waals surface area contributed by atoms with Crippen molar-refractivity contribution in [1.29, 1.82) is 0 Å². The van der Waals surface area contributed by atoms with Crippen LogP contribution in [0.3, 0.4) is 0 Å². The molecule has 2 unspecified atom stereocenters. The fourth-order valence-electron chi connectivity index (χ4n) is 2.21. The predicted octanol–water partition coefficient (Wildman–Crippen LogP) is 2.54. The molecule has 2 rings (SSSR count). The third-order valence-corrected chi connectivity index (χ3v) is 3.71. The molecule has 2 N–H and O–H groups in total. The average Bonchev–Trinajstić information content (AvgIpc) is 2.51. The highest BCUT2D eigenvalue weighted by Gasteiger charge is 2.22. The van der Waals surface area contributed by atoms with Crippen molar-refractivity contribution in [3.05, 3.63) is 17.0 Å². The highest BCUT2D eigenvalue weighted by atomic mass is 35.5. The summed E-state index contributed by atoms with van der Waals surface area (Å²) < 4.78 is 0. The first-order valence-corrected chi connectivity index (χ1v) is 6.48. The zero-order chi connectivity index (χ0) is 12.3. The maximum atomic E-state index is 10.0. The van der Waals surface area contributed by atoms with Gasteiger partial charge in [-0.05, 0) is 19.8 Å². The monoisotopic (exact) mass is 255 g/mol. The second-order valence-electron chi connectivity index (χ2n) is 4.59. The number of hydrogen-bond acceptors (Lipinski definition) is 4. The van der Waals surface area contributed by atoms with Gasteiger partial charge in [0.05, 0.1) is 12.1 Å². The van der Waals surface area contributed by atoms with Gasteiger partial charge in [-0.2, -0.15) is 0 Å². The van der Waals surface area contributed by atoms with Crippen molar-refractivity contribution in [2.75, 3.05) is 5.32 Å². The van der Waals surface area contributed by atoms with Crippen LogP contribution in [0.1, 0.15) is 37.7 Å². The molecule has 2 atom stereocenters. The van der Waals surface area contributed by atoms with Gasteiger partial charge in [0.15, 0.2) is 0 Å². The van der Waals surface area contributed by atoms with Gasteiger partial charge in [0.1, 0.15) is 17.3 Å². The third kappa shape index (κ3) is 3.07. The van der Waals surface area contributed by atoms with Crippen LogP contribution in [-0.4, -0.2) is 27.2 Å². The molecule has 94 valence electrons. The number of nitrogens with one attached hydrogen (secondary N) is 1. The minimum atomic E-state index is -0.300. The van der Waals surface area contributed by atoms with Crippen molar-refractivity contribution >= 4 is 17.4 Å². The molecule has 1 aliphatic carbocycles. The number of halogens is 1. The van der Waals surface area contributed by atoms with Crippen LogP contribution in [0.2, 0.25) is 5.15 Å². The lowest BCUT2D eigenvalue weighted by Crippen LogP contribution is -2.33. The van der Waals surface area contributed by atoms with Crippen molar-refractivity contribution < 1.29 is 5.11 Å². The van der Waals surface area contributed by atoms with Crippen LogP contribution in [0.4, 0.5) is 5.82 Å². The summed E-state index contributed by atoms with van der Waals surface area (Å²) in [6.07, 6.45) is 6.41. The molecule has 5 heteroatoms. The summed E-state index contributed by atoms with van der Waals surface area (Å²) in [4.78, 5) is 8.10. The van der Waals surface area contributed by atoms with Gasteiger partial charge in [-0.1, -0.05) is 30.9 Å². The Bertz CT molecular complexity index is 386. The van der Waals surface area contributed by atoms with E-state index < -0.39 is 0 Å². The highest BCUT2D eigenvalue weighted by molar-refractivity contribution is 6.30.